The summed E-state index contributed by atoms with van der Waals surface area (Å²) in [5.74, 6) is 0. The molecule has 0 heterocycles. The molecule has 132 valence electrons. The van der Waals surface area contributed by atoms with Crippen LogP contribution in [0.2, 0.25) is 10.5 Å². The van der Waals surface area contributed by atoms with Crippen molar-refractivity contribution < 1.29 is 14.3 Å². The number of benzene rings is 2. The SMILES string of the molecule is CC(C)(C)[NH][Ti]([CH3])([CH3])(=[SiH2])[CH]1c2ccccc2-c2ccccc21.Cl.Cl. The maximum atomic E-state index is 4.10. The second kappa shape index (κ2) is 6.91. The summed E-state index contributed by atoms with van der Waals surface area (Å²) < 4.78 is 4.64. The standard InChI is InChI=1S/C13H9.C4H10N.2CH3.2ClH.H2Si.Ti/c1-3-7-12-10(5-1)9-11-6-2-4-8-13(11)12;1-4(2,3)5;;;;;;/h1-9H;5H,1-3H3;2*1H3;2*1H;1H2;/q;-1;;;;;;+1. The van der Waals surface area contributed by atoms with Crippen LogP contribution in [-0.2, 0) is 14.3 Å². The normalized spacial score (nSPS) is 14.2. The van der Waals surface area contributed by atoms with Gasteiger partial charge in [-0.05, 0) is 0 Å². The van der Waals surface area contributed by atoms with Crippen molar-refractivity contribution in [1.29, 1.82) is 0 Å². The van der Waals surface area contributed by atoms with E-state index in [1.165, 1.54) is 22.3 Å². The fourth-order valence-electron chi connectivity index (χ4n) is 4.46. The van der Waals surface area contributed by atoms with E-state index >= 15 is 0 Å². The average Bonchev–Trinajstić information content (AvgIpc) is 2.70. The number of hydrogen-bond donors (Lipinski definition) is 1. The van der Waals surface area contributed by atoms with Crippen LogP contribution in [0.4, 0.5) is 0 Å². The van der Waals surface area contributed by atoms with Crippen LogP contribution in [0.5, 0.6) is 0 Å². The van der Waals surface area contributed by atoms with Crippen molar-refractivity contribution in [2.24, 2.45) is 0 Å². The van der Waals surface area contributed by atoms with E-state index in [-0.39, 0.29) is 30.4 Å². The number of nitrogens with one attached hydrogen (secondary N) is 1. The Bertz CT molecular complexity index is 760. The summed E-state index contributed by atoms with van der Waals surface area (Å²) >= 11 is -2.91. The molecule has 0 aliphatic heterocycles. The van der Waals surface area contributed by atoms with E-state index in [1.807, 2.05) is 0 Å². The molecule has 1 N–H and O–H groups in total. The molecule has 2 aromatic rings. The molecular formula is C19H29Cl2NSiTi. The topological polar surface area (TPSA) is 12.0 Å². The van der Waals surface area contributed by atoms with Gasteiger partial charge in [-0.2, -0.15) is 0 Å². The van der Waals surface area contributed by atoms with Gasteiger partial charge in [0, 0.05) is 0 Å². The Morgan fingerprint density at radius 1 is 0.833 bits per heavy atom. The Labute approximate surface area is 161 Å². The summed E-state index contributed by atoms with van der Waals surface area (Å²) in [6.07, 6.45) is 0. The minimum atomic E-state index is -2.91. The van der Waals surface area contributed by atoms with E-state index in [2.05, 4.69) is 91.2 Å². The molecule has 2 aromatic carbocycles. The molecule has 0 saturated heterocycles. The third-order valence-electron chi connectivity index (χ3n) is 4.55. The summed E-state index contributed by atoms with van der Waals surface area (Å²) in [7, 11) is 2.28. The summed E-state index contributed by atoms with van der Waals surface area (Å²) in [6, 6.07) is 18.0. The molecule has 24 heavy (non-hydrogen) atoms. The first-order chi connectivity index (χ1) is 10.1. The number of hydrogen-bond acceptors (Lipinski definition) is 1. The molecule has 0 unspecified atom stereocenters. The first-order valence-electron chi connectivity index (χ1n) is 8.12. The summed E-state index contributed by atoms with van der Waals surface area (Å²) in [6.45, 7) is 6.89. The number of halogens is 2. The van der Waals surface area contributed by atoms with Crippen LogP contribution in [0.1, 0.15) is 36.1 Å². The second-order valence-electron chi connectivity index (χ2n) is 8.79. The Balaban J connectivity index is 0.00000144. The molecule has 0 atom stereocenters. The van der Waals surface area contributed by atoms with Crippen molar-refractivity contribution in [3.8, 4) is 11.1 Å². The molecule has 0 aromatic heterocycles. The van der Waals surface area contributed by atoms with Gasteiger partial charge in [0.25, 0.3) is 0 Å². The van der Waals surface area contributed by atoms with E-state index in [1.54, 1.807) is 0 Å². The van der Waals surface area contributed by atoms with E-state index in [0.717, 1.165) is 0 Å². The van der Waals surface area contributed by atoms with Crippen molar-refractivity contribution >= 4 is 32.4 Å². The number of rotatable bonds is 2. The van der Waals surface area contributed by atoms with Gasteiger partial charge in [0.2, 0.25) is 0 Å². The van der Waals surface area contributed by atoms with Crippen LogP contribution < -0.4 is 3.80 Å². The Morgan fingerprint density at radius 2 is 1.21 bits per heavy atom. The fraction of sp³-hybridized carbons (Fsp3) is 0.368. The van der Waals surface area contributed by atoms with Crippen molar-refractivity contribution in [2.45, 2.75) is 41.0 Å². The van der Waals surface area contributed by atoms with Gasteiger partial charge in [0.05, 0.1) is 0 Å². The first-order valence-corrected chi connectivity index (χ1v) is 16.9. The van der Waals surface area contributed by atoms with Crippen LogP contribution in [0, 0.1) is 0 Å². The minimum Gasteiger partial charge on any atom is -0.147 e. The van der Waals surface area contributed by atoms with Gasteiger partial charge in [0.1, 0.15) is 0 Å². The van der Waals surface area contributed by atoms with Gasteiger partial charge in [0.15, 0.2) is 0 Å². The van der Waals surface area contributed by atoms with Crippen LogP contribution >= 0.6 is 24.8 Å². The molecule has 1 aliphatic carbocycles. The Hall–Kier alpha value is -0.0888. The second-order valence-corrected chi connectivity index (χ2v) is 27.8. The maximum absolute atomic E-state index is 4.10. The molecule has 1 nitrogen and oxygen atoms in total. The van der Waals surface area contributed by atoms with Gasteiger partial charge >= 0.3 is 138 Å². The van der Waals surface area contributed by atoms with Gasteiger partial charge in [-0.1, -0.05) is 0 Å². The maximum Gasteiger partial charge on any atom is -0.147 e. The Kier molecular flexibility index (Phi) is 6.32. The molecule has 0 spiro atoms. The number of fused-ring (bicyclic) bond motifs is 3. The third kappa shape index (κ3) is 4.01. The molecule has 0 saturated carbocycles. The minimum absolute atomic E-state index is 0. The molecule has 3 rings (SSSR count). The molecule has 5 heteroatoms. The molecule has 0 fully saturated rings. The Morgan fingerprint density at radius 3 is 1.58 bits per heavy atom. The monoisotopic (exact) mass is 417 g/mol. The average molecular weight is 418 g/mol. The van der Waals surface area contributed by atoms with Gasteiger partial charge in [-0.3, -0.25) is 0 Å². The van der Waals surface area contributed by atoms with Gasteiger partial charge in [-0.25, -0.2) is 0 Å². The zero-order chi connectivity index (χ0) is 16.2. The van der Waals surface area contributed by atoms with Crippen LogP contribution in [-0.4, -0.2) is 13.2 Å². The zero-order valence-corrected chi connectivity index (χ0v) is 19.8. The molecule has 0 bridgehead atoms. The van der Waals surface area contributed by atoms with Crippen molar-refractivity contribution in [3.05, 3.63) is 59.7 Å². The molecular weight excluding hydrogens is 389 g/mol. The summed E-state index contributed by atoms with van der Waals surface area (Å²) in [4.78, 5) is 0. The predicted molar refractivity (Wildman–Crippen MR) is 111 cm³/mol. The van der Waals surface area contributed by atoms with E-state index in [9.17, 15) is 0 Å². The molecule has 1 aliphatic rings. The van der Waals surface area contributed by atoms with Crippen LogP contribution in [0.3, 0.4) is 0 Å². The van der Waals surface area contributed by atoms with Crippen molar-refractivity contribution in [1.82, 2.24) is 3.80 Å². The van der Waals surface area contributed by atoms with Crippen molar-refractivity contribution in [3.63, 3.8) is 0 Å². The zero-order valence-electron chi connectivity index (χ0n) is 15.2. The quantitative estimate of drug-likeness (QED) is 0.658. The van der Waals surface area contributed by atoms with Crippen LogP contribution in [0.15, 0.2) is 48.5 Å². The van der Waals surface area contributed by atoms with E-state index < -0.39 is 14.3 Å². The van der Waals surface area contributed by atoms with E-state index in [4.69, 9.17) is 0 Å². The third-order valence-corrected chi connectivity index (χ3v) is 13.3. The predicted octanol–water partition coefficient (Wildman–Crippen LogP) is 5.24. The summed E-state index contributed by atoms with van der Waals surface area (Å²) in [5, 5.41) is 5.09. The summed E-state index contributed by atoms with van der Waals surface area (Å²) in [5.41, 5.74) is 6.07. The van der Waals surface area contributed by atoms with Crippen molar-refractivity contribution in [2.75, 3.05) is 0 Å². The largest absolute Gasteiger partial charge is 0.147 e. The fourth-order valence-corrected chi connectivity index (χ4v) is 16.4. The first kappa shape index (κ1) is 22.0. The molecule has 0 amide bonds. The van der Waals surface area contributed by atoms with Gasteiger partial charge < -0.3 is 0 Å². The smallest absolute Gasteiger partial charge is 0.147 e. The molecule has 0 radical (unpaired) electrons. The van der Waals surface area contributed by atoms with Crippen LogP contribution in [0.25, 0.3) is 11.1 Å². The van der Waals surface area contributed by atoms with Gasteiger partial charge in [-0.15, -0.1) is 24.8 Å². The van der Waals surface area contributed by atoms with E-state index in [0.29, 0.717) is 4.22 Å².